The van der Waals surface area contributed by atoms with Crippen LogP contribution in [0.1, 0.15) is 35.9 Å². The number of nitrogens with zero attached hydrogens (tertiary/aromatic N) is 3. The molecule has 5 heteroatoms. The molecule has 1 fully saturated rings. The van der Waals surface area contributed by atoms with E-state index in [9.17, 15) is 0 Å². The number of allylic oxidation sites excluding steroid dienone is 1. The van der Waals surface area contributed by atoms with Gasteiger partial charge in [0.05, 0.1) is 18.2 Å². The molecular formula is C20H23N3OS. The number of hydrogen-bond acceptors (Lipinski definition) is 5. The summed E-state index contributed by atoms with van der Waals surface area (Å²) in [4.78, 5) is 12.7. The zero-order chi connectivity index (χ0) is 17.2. The molecule has 0 radical (unpaired) electrons. The third-order valence-corrected chi connectivity index (χ3v) is 5.48. The highest BCUT2D eigenvalue weighted by atomic mass is 32.1. The van der Waals surface area contributed by atoms with Gasteiger partial charge in [0.2, 0.25) is 0 Å². The smallest absolute Gasteiger partial charge is 0.185 e. The van der Waals surface area contributed by atoms with Gasteiger partial charge in [-0.05, 0) is 31.1 Å². The summed E-state index contributed by atoms with van der Waals surface area (Å²) >= 11 is 1.79. The second kappa shape index (κ2) is 7.10. The van der Waals surface area contributed by atoms with Gasteiger partial charge in [0.1, 0.15) is 0 Å². The molecule has 0 saturated carbocycles. The van der Waals surface area contributed by atoms with Crippen LogP contribution in [0.25, 0.3) is 0 Å². The standard InChI is InChI=1S/C20H23N3OS/c1-14(2)24-17-12-23(13-17)20-22-11-18(25-20)10-15-5-3-6-16(9-15)19-7-4-8-21-19/h3-9,11,14,17,19H,10,12-13H2,1-2H3/t19-/m0/s1. The Hall–Kier alpha value is -1.98. The first kappa shape index (κ1) is 16.5. The van der Waals surface area contributed by atoms with Gasteiger partial charge in [-0.3, -0.25) is 4.99 Å². The molecule has 0 amide bonds. The second-order valence-corrected chi connectivity index (χ2v) is 7.96. The average Bonchev–Trinajstić information content (AvgIpc) is 3.22. The van der Waals surface area contributed by atoms with Crippen LogP contribution in [0.15, 0.2) is 47.6 Å². The molecule has 4 nitrogen and oxygen atoms in total. The Morgan fingerprint density at radius 1 is 1.32 bits per heavy atom. The van der Waals surface area contributed by atoms with Crippen LogP contribution in [0.5, 0.6) is 0 Å². The van der Waals surface area contributed by atoms with E-state index in [1.807, 2.05) is 18.5 Å². The van der Waals surface area contributed by atoms with Crippen LogP contribution >= 0.6 is 11.3 Å². The summed E-state index contributed by atoms with van der Waals surface area (Å²) in [5.74, 6) is 0. The first-order chi connectivity index (χ1) is 12.2. The van der Waals surface area contributed by atoms with Crippen LogP contribution in [0.4, 0.5) is 5.13 Å². The fourth-order valence-corrected chi connectivity index (χ4v) is 4.19. The molecule has 1 atom stereocenters. The minimum absolute atomic E-state index is 0.177. The SMILES string of the molecule is CC(C)OC1CN(c2ncc(Cc3cccc([C@@H]4C=CC=N4)c3)s2)C1. The Balaban J connectivity index is 1.38. The predicted molar refractivity (Wildman–Crippen MR) is 104 cm³/mol. The van der Waals surface area contributed by atoms with E-state index in [2.05, 4.69) is 59.1 Å². The van der Waals surface area contributed by atoms with Crippen molar-refractivity contribution in [1.82, 2.24) is 4.98 Å². The number of aliphatic imine (C=N–C) groups is 1. The van der Waals surface area contributed by atoms with Gasteiger partial charge >= 0.3 is 0 Å². The Morgan fingerprint density at radius 3 is 2.96 bits per heavy atom. The fourth-order valence-electron chi connectivity index (χ4n) is 3.22. The van der Waals surface area contributed by atoms with Gasteiger partial charge in [-0.25, -0.2) is 4.98 Å². The molecule has 2 aliphatic rings. The Labute approximate surface area is 152 Å². The molecule has 130 valence electrons. The van der Waals surface area contributed by atoms with Gasteiger partial charge in [-0.1, -0.05) is 30.3 Å². The Bertz CT molecular complexity index is 778. The van der Waals surface area contributed by atoms with Crippen molar-refractivity contribution in [2.45, 2.75) is 38.5 Å². The van der Waals surface area contributed by atoms with Crippen LogP contribution in [-0.4, -0.2) is 36.5 Å². The van der Waals surface area contributed by atoms with Gasteiger partial charge in [-0.2, -0.15) is 0 Å². The molecule has 1 saturated heterocycles. The molecule has 2 aliphatic heterocycles. The lowest BCUT2D eigenvalue weighted by molar-refractivity contribution is -0.00719. The highest BCUT2D eigenvalue weighted by Crippen LogP contribution is 2.30. The number of thiazole rings is 1. The molecular weight excluding hydrogens is 330 g/mol. The molecule has 1 aromatic heterocycles. The maximum Gasteiger partial charge on any atom is 0.185 e. The normalized spacial score (nSPS) is 19.8. The number of rotatable bonds is 6. The minimum atomic E-state index is 0.177. The van der Waals surface area contributed by atoms with Crippen molar-refractivity contribution in [2.75, 3.05) is 18.0 Å². The van der Waals surface area contributed by atoms with Gasteiger partial charge < -0.3 is 9.64 Å². The summed E-state index contributed by atoms with van der Waals surface area (Å²) in [5, 5.41) is 1.11. The van der Waals surface area contributed by atoms with Crippen molar-refractivity contribution < 1.29 is 4.74 Å². The maximum absolute atomic E-state index is 5.82. The highest BCUT2D eigenvalue weighted by molar-refractivity contribution is 7.15. The number of benzene rings is 1. The first-order valence-corrected chi connectivity index (χ1v) is 9.63. The van der Waals surface area contributed by atoms with Crippen LogP contribution in [-0.2, 0) is 11.2 Å². The van der Waals surface area contributed by atoms with Crippen molar-refractivity contribution in [3.05, 3.63) is 58.6 Å². The van der Waals surface area contributed by atoms with Crippen LogP contribution in [0.3, 0.4) is 0 Å². The van der Waals surface area contributed by atoms with Crippen molar-refractivity contribution in [3.63, 3.8) is 0 Å². The van der Waals surface area contributed by atoms with E-state index in [0.717, 1.165) is 24.6 Å². The third kappa shape index (κ3) is 3.83. The Morgan fingerprint density at radius 2 is 2.20 bits per heavy atom. The Kier molecular flexibility index (Phi) is 4.68. The van der Waals surface area contributed by atoms with Gasteiger partial charge in [0.25, 0.3) is 0 Å². The fraction of sp³-hybridized carbons (Fsp3) is 0.400. The topological polar surface area (TPSA) is 37.7 Å². The monoisotopic (exact) mass is 353 g/mol. The van der Waals surface area contributed by atoms with Crippen molar-refractivity contribution in [1.29, 1.82) is 0 Å². The molecule has 2 aromatic rings. The number of hydrogen-bond donors (Lipinski definition) is 0. The van der Waals surface area contributed by atoms with Gasteiger partial charge in [-0.15, -0.1) is 11.3 Å². The largest absolute Gasteiger partial charge is 0.372 e. The summed E-state index contributed by atoms with van der Waals surface area (Å²) in [6.07, 6.45) is 9.59. The molecule has 0 bridgehead atoms. The summed E-state index contributed by atoms with van der Waals surface area (Å²) in [5.41, 5.74) is 2.57. The first-order valence-electron chi connectivity index (χ1n) is 8.81. The highest BCUT2D eigenvalue weighted by Gasteiger charge is 2.30. The molecule has 25 heavy (non-hydrogen) atoms. The zero-order valence-electron chi connectivity index (χ0n) is 14.6. The van der Waals surface area contributed by atoms with E-state index in [1.54, 1.807) is 11.3 Å². The van der Waals surface area contributed by atoms with E-state index in [4.69, 9.17) is 4.74 Å². The van der Waals surface area contributed by atoms with Crippen LogP contribution in [0, 0.1) is 0 Å². The van der Waals surface area contributed by atoms with Crippen LogP contribution in [0.2, 0.25) is 0 Å². The summed E-state index contributed by atoms with van der Waals surface area (Å²) in [6, 6.07) is 8.89. The summed E-state index contributed by atoms with van der Waals surface area (Å²) < 4.78 is 5.82. The molecule has 0 aliphatic carbocycles. The van der Waals surface area contributed by atoms with E-state index in [0.29, 0.717) is 12.2 Å². The quantitative estimate of drug-likeness (QED) is 0.787. The van der Waals surface area contributed by atoms with E-state index >= 15 is 0 Å². The van der Waals surface area contributed by atoms with Gasteiger partial charge in [0.15, 0.2) is 5.13 Å². The molecule has 0 unspecified atom stereocenters. The summed E-state index contributed by atoms with van der Waals surface area (Å²) in [7, 11) is 0. The summed E-state index contributed by atoms with van der Waals surface area (Å²) in [6.45, 7) is 6.08. The lowest BCUT2D eigenvalue weighted by Crippen LogP contribution is -2.53. The molecule has 1 aromatic carbocycles. The molecule has 0 N–H and O–H groups in total. The third-order valence-electron chi connectivity index (χ3n) is 4.42. The van der Waals surface area contributed by atoms with E-state index < -0.39 is 0 Å². The van der Waals surface area contributed by atoms with Crippen molar-refractivity contribution in [2.24, 2.45) is 4.99 Å². The lowest BCUT2D eigenvalue weighted by atomic mass is 10.0. The molecule has 3 heterocycles. The zero-order valence-corrected chi connectivity index (χ0v) is 15.4. The van der Waals surface area contributed by atoms with Crippen molar-refractivity contribution in [3.8, 4) is 0 Å². The minimum Gasteiger partial charge on any atom is -0.372 e. The number of anilines is 1. The van der Waals surface area contributed by atoms with Gasteiger partial charge in [0, 0.05) is 36.8 Å². The molecule has 0 spiro atoms. The number of aromatic nitrogens is 1. The molecule has 4 rings (SSSR count). The maximum atomic E-state index is 5.82. The van der Waals surface area contributed by atoms with Crippen molar-refractivity contribution >= 4 is 22.7 Å². The van der Waals surface area contributed by atoms with E-state index in [1.165, 1.54) is 16.0 Å². The average molecular weight is 353 g/mol. The lowest BCUT2D eigenvalue weighted by Gasteiger charge is -2.39. The number of ether oxygens (including phenoxy) is 1. The predicted octanol–water partition coefficient (Wildman–Crippen LogP) is 4.03. The van der Waals surface area contributed by atoms with E-state index in [-0.39, 0.29) is 6.04 Å². The second-order valence-electron chi connectivity index (χ2n) is 6.87. The van der Waals surface area contributed by atoms with Crippen LogP contribution < -0.4 is 4.90 Å².